The second-order valence-electron chi connectivity index (χ2n) is 3.00. The number of benzene rings is 1. The Balaban J connectivity index is 2.17. The van der Waals surface area contributed by atoms with Crippen LogP contribution < -0.4 is 4.74 Å². The largest absolute Gasteiger partial charge is 0.497 e. The van der Waals surface area contributed by atoms with Gasteiger partial charge in [-0.25, -0.2) is 0 Å². The summed E-state index contributed by atoms with van der Waals surface area (Å²) in [6.45, 7) is 0. The van der Waals surface area contributed by atoms with Crippen LogP contribution >= 0.6 is 11.3 Å². The molecule has 3 heteroatoms. The summed E-state index contributed by atoms with van der Waals surface area (Å²) in [6.07, 6.45) is 2.84. The maximum Gasteiger partial charge on any atom is 0.119 e. The van der Waals surface area contributed by atoms with Crippen LogP contribution in [0.1, 0.15) is 10.4 Å². The molecule has 0 radical (unpaired) electrons. The van der Waals surface area contributed by atoms with Crippen molar-refractivity contribution < 1.29 is 4.74 Å². The fraction of sp³-hybridized carbons (Fsp3) is 0.182. The zero-order chi connectivity index (χ0) is 9.80. The maximum absolute atomic E-state index is 5.16. The van der Waals surface area contributed by atoms with Crippen LogP contribution in [0.25, 0.3) is 0 Å². The molecule has 0 bridgehead atoms. The van der Waals surface area contributed by atoms with Crippen LogP contribution in [-0.2, 0) is 6.42 Å². The van der Waals surface area contributed by atoms with E-state index in [0.29, 0.717) is 0 Å². The fourth-order valence-corrected chi connectivity index (χ4v) is 1.94. The van der Waals surface area contributed by atoms with E-state index in [-0.39, 0.29) is 0 Å². The topological polar surface area (TPSA) is 22.1 Å². The number of hydrogen-bond donors (Lipinski definition) is 0. The van der Waals surface area contributed by atoms with Gasteiger partial charge in [-0.15, -0.1) is 11.3 Å². The Kier molecular flexibility index (Phi) is 2.79. The summed E-state index contributed by atoms with van der Waals surface area (Å²) in [6, 6.07) is 8.12. The third-order valence-electron chi connectivity index (χ3n) is 2.00. The summed E-state index contributed by atoms with van der Waals surface area (Å²) in [7, 11) is 1.69. The molecule has 0 saturated heterocycles. The highest BCUT2D eigenvalue weighted by Crippen LogP contribution is 2.17. The van der Waals surface area contributed by atoms with Crippen LogP contribution in [0.5, 0.6) is 5.75 Å². The molecule has 0 amide bonds. The van der Waals surface area contributed by atoms with Gasteiger partial charge < -0.3 is 4.74 Å². The van der Waals surface area contributed by atoms with Crippen molar-refractivity contribution in [2.24, 2.45) is 0 Å². The second-order valence-corrected chi connectivity index (χ2v) is 3.97. The van der Waals surface area contributed by atoms with Gasteiger partial charge in [0.25, 0.3) is 0 Å². The summed E-state index contributed by atoms with van der Waals surface area (Å²) < 4.78 is 5.16. The van der Waals surface area contributed by atoms with Crippen molar-refractivity contribution in [2.75, 3.05) is 7.11 Å². The van der Waals surface area contributed by atoms with Crippen molar-refractivity contribution in [1.82, 2.24) is 4.98 Å². The van der Waals surface area contributed by atoms with Crippen molar-refractivity contribution in [3.63, 3.8) is 0 Å². The van der Waals surface area contributed by atoms with Crippen LogP contribution in [0, 0.1) is 0 Å². The predicted octanol–water partition coefficient (Wildman–Crippen LogP) is 2.74. The molecular formula is C11H11NOS. The molecule has 0 aliphatic rings. The van der Waals surface area contributed by atoms with Gasteiger partial charge in [0.05, 0.1) is 12.6 Å². The molecule has 0 N–H and O–H groups in total. The Hall–Kier alpha value is -1.35. The number of aromatic nitrogens is 1. The van der Waals surface area contributed by atoms with Gasteiger partial charge in [0.15, 0.2) is 0 Å². The third-order valence-corrected chi connectivity index (χ3v) is 2.78. The van der Waals surface area contributed by atoms with Gasteiger partial charge in [0.1, 0.15) is 5.75 Å². The van der Waals surface area contributed by atoms with Gasteiger partial charge in [-0.1, -0.05) is 12.1 Å². The number of thiazole rings is 1. The van der Waals surface area contributed by atoms with Gasteiger partial charge in [0.2, 0.25) is 0 Å². The molecule has 2 nitrogen and oxygen atoms in total. The molecule has 0 spiro atoms. The van der Waals surface area contributed by atoms with Crippen molar-refractivity contribution in [3.05, 3.63) is 46.4 Å². The van der Waals surface area contributed by atoms with E-state index in [0.717, 1.165) is 12.2 Å². The highest BCUT2D eigenvalue weighted by Gasteiger charge is 1.99. The summed E-state index contributed by atoms with van der Waals surface area (Å²) in [4.78, 5) is 5.32. The minimum absolute atomic E-state index is 0.909. The van der Waals surface area contributed by atoms with E-state index in [9.17, 15) is 0 Å². The summed E-state index contributed by atoms with van der Waals surface area (Å²) >= 11 is 1.68. The molecule has 1 aromatic heterocycles. The lowest BCUT2D eigenvalue weighted by Crippen LogP contribution is -1.87. The van der Waals surface area contributed by atoms with Gasteiger partial charge >= 0.3 is 0 Å². The predicted molar refractivity (Wildman–Crippen MR) is 57.9 cm³/mol. The van der Waals surface area contributed by atoms with Gasteiger partial charge in [-0.3, -0.25) is 4.98 Å². The summed E-state index contributed by atoms with van der Waals surface area (Å²) in [5.41, 5.74) is 3.11. The average Bonchev–Trinajstić information content (AvgIpc) is 2.71. The van der Waals surface area contributed by atoms with E-state index in [1.807, 2.05) is 23.8 Å². The zero-order valence-corrected chi connectivity index (χ0v) is 8.75. The van der Waals surface area contributed by atoms with Crippen molar-refractivity contribution in [1.29, 1.82) is 0 Å². The van der Waals surface area contributed by atoms with E-state index < -0.39 is 0 Å². The second kappa shape index (κ2) is 4.24. The first-order chi connectivity index (χ1) is 6.88. The Bertz CT molecular complexity index is 397. The Labute approximate surface area is 87.2 Å². The first-order valence-corrected chi connectivity index (χ1v) is 5.27. The minimum atomic E-state index is 0.909. The van der Waals surface area contributed by atoms with E-state index >= 15 is 0 Å². The minimum Gasteiger partial charge on any atom is -0.497 e. The SMILES string of the molecule is COc1cccc(Cc2cncs2)c1. The standard InChI is InChI=1S/C11H11NOS/c1-13-10-4-2-3-9(5-10)6-11-7-12-8-14-11/h2-5,7-8H,6H2,1H3. The molecular weight excluding hydrogens is 194 g/mol. The molecule has 14 heavy (non-hydrogen) atoms. The van der Waals surface area contributed by atoms with E-state index in [2.05, 4.69) is 17.1 Å². The highest BCUT2D eigenvalue weighted by atomic mass is 32.1. The molecule has 0 fully saturated rings. The number of hydrogen-bond acceptors (Lipinski definition) is 3. The first kappa shape index (κ1) is 9.21. The van der Waals surface area contributed by atoms with Crippen molar-refractivity contribution in [3.8, 4) is 5.75 Å². The Morgan fingerprint density at radius 3 is 3.07 bits per heavy atom. The lowest BCUT2D eigenvalue weighted by Gasteiger charge is -2.02. The average molecular weight is 205 g/mol. The Morgan fingerprint density at radius 2 is 2.36 bits per heavy atom. The van der Waals surface area contributed by atoms with Crippen LogP contribution in [0.15, 0.2) is 36.0 Å². The zero-order valence-electron chi connectivity index (χ0n) is 7.93. The summed E-state index contributed by atoms with van der Waals surface area (Å²) in [5, 5.41) is 0. The lowest BCUT2D eigenvalue weighted by atomic mass is 10.1. The Morgan fingerprint density at radius 1 is 1.43 bits per heavy atom. The number of methoxy groups -OCH3 is 1. The summed E-state index contributed by atoms with van der Waals surface area (Å²) in [5.74, 6) is 0.909. The molecule has 0 aliphatic heterocycles. The fourth-order valence-electron chi connectivity index (χ4n) is 1.31. The van der Waals surface area contributed by atoms with Crippen LogP contribution in [0.4, 0.5) is 0 Å². The monoisotopic (exact) mass is 205 g/mol. The molecule has 0 unspecified atom stereocenters. The highest BCUT2D eigenvalue weighted by molar-refractivity contribution is 7.09. The molecule has 0 atom stereocenters. The van der Waals surface area contributed by atoms with Crippen LogP contribution in [0.3, 0.4) is 0 Å². The number of rotatable bonds is 3. The molecule has 0 aliphatic carbocycles. The van der Waals surface area contributed by atoms with Crippen LogP contribution in [0.2, 0.25) is 0 Å². The van der Waals surface area contributed by atoms with Gasteiger partial charge in [-0.2, -0.15) is 0 Å². The van der Waals surface area contributed by atoms with Crippen molar-refractivity contribution in [2.45, 2.75) is 6.42 Å². The van der Waals surface area contributed by atoms with Gasteiger partial charge in [0, 0.05) is 17.5 Å². The number of nitrogens with zero attached hydrogens (tertiary/aromatic N) is 1. The number of ether oxygens (including phenoxy) is 1. The van der Waals surface area contributed by atoms with Gasteiger partial charge in [-0.05, 0) is 17.7 Å². The molecule has 1 heterocycles. The molecule has 2 aromatic rings. The quantitative estimate of drug-likeness (QED) is 0.768. The van der Waals surface area contributed by atoms with E-state index in [4.69, 9.17) is 4.74 Å². The normalized spacial score (nSPS) is 10.1. The van der Waals surface area contributed by atoms with Crippen molar-refractivity contribution >= 4 is 11.3 Å². The lowest BCUT2D eigenvalue weighted by molar-refractivity contribution is 0.414. The maximum atomic E-state index is 5.16. The molecule has 0 saturated carbocycles. The molecule has 72 valence electrons. The molecule has 2 rings (SSSR count). The van der Waals surface area contributed by atoms with Crippen LogP contribution in [-0.4, -0.2) is 12.1 Å². The third kappa shape index (κ3) is 2.12. The smallest absolute Gasteiger partial charge is 0.119 e. The molecule has 1 aromatic carbocycles. The van der Waals surface area contributed by atoms with E-state index in [1.54, 1.807) is 18.4 Å². The first-order valence-electron chi connectivity index (χ1n) is 4.39. The van der Waals surface area contributed by atoms with E-state index in [1.165, 1.54) is 10.4 Å².